The molecule has 2 aromatic carbocycles. The van der Waals surface area contributed by atoms with Gasteiger partial charge in [-0.05, 0) is 42.5 Å². The molecule has 0 fully saturated rings. The number of phenolic OH excluding ortho intramolecular Hbond substituents is 2. The number of benzene rings is 2. The van der Waals surface area contributed by atoms with Gasteiger partial charge in [-0.3, -0.25) is 5.43 Å². The Morgan fingerprint density at radius 1 is 1.12 bits per heavy atom. The van der Waals surface area contributed by atoms with Crippen LogP contribution in [0.5, 0.6) is 11.5 Å². The Morgan fingerprint density at radius 2 is 1.83 bits per heavy atom. The van der Waals surface area contributed by atoms with Crippen molar-refractivity contribution >= 4 is 29.2 Å². The number of phenols is 2. The molecule has 0 heterocycles. The molecule has 0 unspecified atom stereocenters. The van der Waals surface area contributed by atoms with Crippen LogP contribution in [0.25, 0.3) is 0 Å². The van der Waals surface area contributed by atoms with Gasteiger partial charge in [-0.1, -0.05) is 12.1 Å². The first-order valence-electron chi connectivity index (χ1n) is 6.55. The first-order chi connectivity index (χ1) is 11.3. The van der Waals surface area contributed by atoms with Crippen LogP contribution in [0.15, 0.2) is 47.6 Å². The summed E-state index contributed by atoms with van der Waals surface area (Å²) < 4.78 is 37.9. The van der Waals surface area contributed by atoms with E-state index in [1.54, 1.807) is 0 Å². The van der Waals surface area contributed by atoms with Gasteiger partial charge in [-0.15, -0.1) is 0 Å². The highest BCUT2D eigenvalue weighted by Crippen LogP contribution is 2.30. The fraction of sp³-hybridized carbons (Fsp3) is 0.0667. The summed E-state index contributed by atoms with van der Waals surface area (Å²) in [5.41, 5.74) is 1.99. The maximum Gasteiger partial charge on any atom is 0.416 e. The summed E-state index contributed by atoms with van der Waals surface area (Å²) >= 11 is 4.92. The van der Waals surface area contributed by atoms with Crippen LogP contribution in [0.4, 0.5) is 18.9 Å². The summed E-state index contributed by atoms with van der Waals surface area (Å²) in [6.45, 7) is 0. The van der Waals surface area contributed by atoms with Gasteiger partial charge in [-0.25, -0.2) is 0 Å². The van der Waals surface area contributed by atoms with Crippen LogP contribution in [-0.2, 0) is 6.18 Å². The number of nitrogens with zero attached hydrogens (tertiary/aromatic N) is 1. The lowest BCUT2D eigenvalue weighted by molar-refractivity contribution is -0.137. The first kappa shape index (κ1) is 17.5. The van der Waals surface area contributed by atoms with Crippen LogP contribution < -0.4 is 10.7 Å². The molecule has 24 heavy (non-hydrogen) atoms. The number of aromatic hydroxyl groups is 2. The number of para-hydroxylation sites is 1. The average molecular weight is 355 g/mol. The quantitative estimate of drug-likeness (QED) is 0.294. The van der Waals surface area contributed by atoms with E-state index in [1.807, 2.05) is 0 Å². The number of nitrogens with one attached hydrogen (secondary N) is 2. The fourth-order valence-corrected chi connectivity index (χ4v) is 1.92. The molecule has 0 aromatic heterocycles. The minimum absolute atomic E-state index is 0.0368. The third-order valence-corrected chi connectivity index (χ3v) is 3.06. The molecule has 0 amide bonds. The van der Waals surface area contributed by atoms with Crippen molar-refractivity contribution in [3.05, 3.63) is 53.6 Å². The molecule has 4 N–H and O–H groups in total. The van der Waals surface area contributed by atoms with Crippen LogP contribution in [0, 0.1) is 0 Å². The number of hydrogen-bond acceptors (Lipinski definition) is 4. The van der Waals surface area contributed by atoms with Gasteiger partial charge in [0.2, 0.25) is 0 Å². The maximum atomic E-state index is 12.6. The van der Waals surface area contributed by atoms with E-state index in [0.717, 1.165) is 12.1 Å². The van der Waals surface area contributed by atoms with Crippen molar-refractivity contribution in [3.8, 4) is 11.5 Å². The van der Waals surface area contributed by atoms with Gasteiger partial charge < -0.3 is 15.5 Å². The lowest BCUT2D eigenvalue weighted by Gasteiger charge is -2.10. The molecule has 0 aliphatic carbocycles. The predicted octanol–water partition coefficient (Wildman–Crippen LogP) is 3.44. The molecule has 2 aromatic rings. The van der Waals surface area contributed by atoms with Crippen molar-refractivity contribution in [1.82, 2.24) is 5.43 Å². The van der Waals surface area contributed by atoms with E-state index < -0.39 is 11.7 Å². The second kappa shape index (κ2) is 7.18. The van der Waals surface area contributed by atoms with Crippen molar-refractivity contribution in [2.75, 3.05) is 5.32 Å². The number of hydrazone groups is 1. The van der Waals surface area contributed by atoms with E-state index >= 15 is 0 Å². The molecule has 5 nitrogen and oxygen atoms in total. The zero-order chi connectivity index (χ0) is 17.7. The van der Waals surface area contributed by atoms with Gasteiger partial charge in [0.05, 0.1) is 11.8 Å². The van der Waals surface area contributed by atoms with E-state index in [9.17, 15) is 23.4 Å². The lowest BCUT2D eigenvalue weighted by Crippen LogP contribution is -2.24. The van der Waals surface area contributed by atoms with Crippen molar-refractivity contribution in [3.63, 3.8) is 0 Å². The minimum Gasteiger partial charge on any atom is -0.504 e. The standard InChI is InChI=1S/C15H12F3N3O2S/c16-15(17,18)10-4-2-5-11(7-10)20-14(24)21-19-8-9-3-1-6-12(22)13(9)23/h1-8,22-23H,(H2,20,21,24)/b19-8+. The summed E-state index contributed by atoms with van der Waals surface area (Å²) in [5, 5.41) is 25.2. The molecule has 0 saturated carbocycles. The maximum absolute atomic E-state index is 12.6. The molecule has 0 saturated heterocycles. The summed E-state index contributed by atoms with van der Waals surface area (Å²) in [6, 6.07) is 8.86. The number of rotatable bonds is 3. The van der Waals surface area contributed by atoms with Crippen molar-refractivity contribution in [1.29, 1.82) is 0 Å². The summed E-state index contributed by atoms with van der Waals surface area (Å²) in [6.07, 6.45) is -3.24. The Hall–Kier alpha value is -2.81. The predicted molar refractivity (Wildman–Crippen MR) is 88.2 cm³/mol. The second-order valence-corrected chi connectivity index (χ2v) is 5.03. The summed E-state index contributed by atoms with van der Waals surface area (Å²) in [7, 11) is 0. The monoisotopic (exact) mass is 355 g/mol. The highest BCUT2D eigenvalue weighted by molar-refractivity contribution is 7.80. The molecule has 0 radical (unpaired) electrons. The van der Waals surface area contributed by atoms with Crippen LogP contribution >= 0.6 is 12.2 Å². The van der Waals surface area contributed by atoms with Crippen molar-refractivity contribution in [2.45, 2.75) is 6.18 Å². The highest BCUT2D eigenvalue weighted by Gasteiger charge is 2.30. The molecule has 0 aliphatic heterocycles. The average Bonchev–Trinajstić information content (AvgIpc) is 2.51. The van der Waals surface area contributed by atoms with Gasteiger partial charge in [-0.2, -0.15) is 18.3 Å². The topological polar surface area (TPSA) is 76.9 Å². The van der Waals surface area contributed by atoms with Gasteiger partial charge in [0.1, 0.15) is 0 Å². The summed E-state index contributed by atoms with van der Waals surface area (Å²) in [4.78, 5) is 0. The number of halogens is 3. The smallest absolute Gasteiger partial charge is 0.416 e. The van der Waals surface area contributed by atoms with Crippen molar-refractivity contribution < 1.29 is 23.4 Å². The van der Waals surface area contributed by atoms with Crippen LogP contribution in [0.3, 0.4) is 0 Å². The highest BCUT2D eigenvalue weighted by atomic mass is 32.1. The zero-order valence-corrected chi connectivity index (χ0v) is 12.8. The Morgan fingerprint density at radius 3 is 2.54 bits per heavy atom. The van der Waals surface area contributed by atoms with E-state index in [2.05, 4.69) is 15.8 Å². The molecule has 0 spiro atoms. The van der Waals surface area contributed by atoms with E-state index in [-0.39, 0.29) is 27.9 Å². The molecular formula is C15H12F3N3O2S. The number of hydrogen-bond donors (Lipinski definition) is 4. The van der Waals surface area contributed by atoms with Gasteiger partial charge >= 0.3 is 6.18 Å². The molecule has 0 aliphatic rings. The number of alkyl halides is 3. The van der Waals surface area contributed by atoms with Crippen LogP contribution in [-0.4, -0.2) is 21.5 Å². The second-order valence-electron chi connectivity index (χ2n) is 4.62. The number of anilines is 1. The minimum atomic E-state index is -4.45. The van der Waals surface area contributed by atoms with Crippen molar-refractivity contribution in [2.24, 2.45) is 5.10 Å². The van der Waals surface area contributed by atoms with E-state index in [1.165, 1.54) is 36.5 Å². The van der Waals surface area contributed by atoms with Crippen LogP contribution in [0.2, 0.25) is 0 Å². The Balaban J connectivity index is 1.99. The van der Waals surface area contributed by atoms with Gasteiger partial charge in [0, 0.05) is 11.3 Å². The van der Waals surface area contributed by atoms with E-state index in [4.69, 9.17) is 12.2 Å². The first-order valence-corrected chi connectivity index (χ1v) is 6.96. The van der Waals surface area contributed by atoms with Crippen LogP contribution in [0.1, 0.15) is 11.1 Å². The fourth-order valence-electron chi connectivity index (χ4n) is 1.75. The molecule has 0 bridgehead atoms. The lowest BCUT2D eigenvalue weighted by atomic mass is 10.2. The SMILES string of the molecule is Oc1cccc(/C=N/NC(=S)Nc2cccc(C(F)(F)F)c2)c1O. The largest absolute Gasteiger partial charge is 0.504 e. The van der Waals surface area contributed by atoms with Gasteiger partial charge in [0.15, 0.2) is 16.6 Å². The molecule has 126 valence electrons. The normalized spacial score (nSPS) is 11.5. The number of thiocarbonyl (C=S) groups is 1. The zero-order valence-electron chi connectivity index (χ0n) is 12.0. The summed E-state index contributed by atoms with van der Waals surface area (Å²) in [5.74, 6) is -0.650. The Bertz CT molecular complexity index is 779. The third kappa shape index (κ3) is 4.59. The Labute approximate surface area is 140 Å². The molecular weight excluding hydrogens is 343 g/mol. The molecule has 9 heteroatoms. The van der Waals surface area contributed by atoms with Gasteiger partial charge in [0.25, 0.3) is 0 Å². The molecule has 2 rings (SSSR count). The third-order valence-electron chi connectivity index (χ3n) is 2.86. The Kier molecular flexibility index (Phi) is 5.24. The molecule has 0 atom stereocenters. The van der Waals surface area contributed by atoms with E-state index in [0.29, 0.717) is 0 Å².